The van der Waals surface area contributed by atoms with Gasteiger partial charge in [0.2, 0.25) is 5.91 Å². The van der Waals surface area contributed by atoms with E-state index >= 15 is 0 Å². The molecule has 0 unspecified atom stereocenters. The molecule has 0 saturated heterocycles. The second-order valence-corrected chi connectivity index (χ2v) is 5.41. The number of nitrogens with two attached hydrogens (primary N) is 1. The third-order valence-electron chi connectivity index (χ3n) is 2.52. The van der Waals surface area contributed by atoms with Gasteiger partial charge in [0.1, 0.15) is 0 Å². The van der Waals surface area contributed by atoms with Crippen molar-refractivity contribution >= 4 is 34.5 Å². The summed E-state index contributed by atoms with van der Waals surface area (Å²) < 4.78 is 0. The minimum Gasteiger partial charge on any atom is -0.379 e. The summed E-state index contributed by atoms with van der Waals surface area (Å²) >= 11 is 7.62. The highest BCUT2D eigenvalue weighted by Gasteiger charge is 2.05. The number of halogens is 1. The van der Waals surface area contributed by atoms with Gasteiger partial charge >= 0.3 is 0 Å². The van der Waals surface area contributed by atoms with E-state index in [2.05, 4.69) is 5.32 Å². The third kappa shape index (κ3) is 3.03. The minimum absolute atomic E-state index is 0.397. The lowest BCUT2D eigenvalue weighted by Crippen LogP contribution is -2.09. The van der Waals surface area contributed by atoms with Crippen molar-refractivity contribution in [3.63, 3.8) is 0 Å². The van der Waals surface area contributed by atoms with Crippen molar-refractivity contribution in [2.75, 3.05) is 5.32 Å². The molecule has 1 aromatic carbocycles. The molecule has 1 aromatic heterocycles. The molecule has 2 rings (SSSR count). The second-order valence-electron chi connectivity index (χ2n) is 4.00. The van der Waals surface area contributed by atoms with Gasteiger partial charge in [-0.15, -0.1) is 11.3 Å². The molecule has 0 spiro atoms. The smallest absolute Gasteiger partial charge is 0.249 e. The Morgan fingerprint density at radius 1 is 1.44 bits per heavy atom. The zero-order valence-electron chi connectivity index (χ0n) is 9.87. The van der Waals surface area contributed by atoms with E-state index in [0.29, 0.717) is 17.1 Å². The number of aryl methyl sites for hydroxylation is 1. The van der Waals surface area contributed by atoms with Gasteiger partial charge in [-0.25, -0.2) is 0 Å². The molecule has 1 amide bonds. The summed E-state index contributed by atoms with van der Waals surface area (Å²) in [5, 5.41) is 5.69. The minimum atomic E-state index is -0.397. The summed E-state index contributed by atoms with van der Waals surface area (Å²) in [5.41, 5.74) is 7.76. The number of carbonyl (C=O) groups is 1. The maximum Gasteiger partial charge on any atom is 0.249 e. The molecule has 0 aliphatic rings. The fourth-order valence-electron chi connectivity index (χ4n) is 1.55. The predicted molar refractivity (Wildman–Crippen MR) is 76.4 cm³/mol. The van der Waals surface area contributed by atoms with Gasteiger partial charge in [-0.3, -0.25) is 4.79 Å². The van der Waals surface area contributed by atoms with Gasteiger partial charge in [-0.2, -0.15) is 0 Å². The van der Waals surface area contributed by atoms with Crippen LogP contribution in [0.3, 0.4) is 0 Å². The predicted octanol–water partition coefficient (Wildman–Crippen LogP) is 3.42. The first kappa shape index (κ1) is 12.9. The van der Waals surface area contributed by atoms with Crippen LogP contribution in [0, 0.1) is 6.92 Å². The van der Waals surface area contributed by atoms with Crippen LogP contribution in [0.2, 0.25) is 5.02 Å². The van der Waals surface area contributed by atoms with Crippen molar-refractivity contribution in [1.82, 2.24) is 0 Å². The van der Waals surface area contributed by atoms with Gasteiger partial charge in [0.05, 0.1) is 16.3 Å². The summed E-state index contributed by atoms with van der Waals surface area (Å²) in [6, 6.07) is 7.65. The standard InChI is InChI=1S/C13H13ClN2OS/c1-8-2-3-12(11(14)4-8)16-6-10-5-9(7-18-10)13(15)17/h2-5,7,16H,6H2,1H3,(H2,15,17). The van der Waals surface area contributed by atoms with Crippen LogP contribution < -0.4 is 11.1 Å². The fourth-order valence-corrected chi connectivity index (χ4v) is 2.66. The average Bonchev–Trinajstić information content (AvgIpc) is 2.76. The summed E-state index contributed by atoms with van der Waals surface area (Å²) in [5.74, 6) is -0.397. The Morgan fingerprint density at radius 2 is 2.22 bits per heavy atom. The van der Waals surface area contributed by atoms with E-state index in [1.54, 1.807) is 11.4 Å². The van der Waals surface area contributed by atoms with Crippen LogP contribution in [0.15, 0.2) is 29.6 Å². The zero-order chi connectivity index (χ0) is 13.1. The van der Waals surface area contributed by atoms with Crippen molar-refractivity contribution < 1.29 is 4.79 Å². The molecule has 0 saturated carbocycles. The number of anilines is 1. The highest BCUT2D eigenvalue weighted by molar-refractivity contribution is 7.10. The molecule has 1 heterocycles. The van der Waals surface area contributed by atoms with Crippen LogP contribution in [0.1, 0.15) is 20.8 Å². The van der Waals surface area contributed by atoms with Crippen molar-refractivity contribution in [1.29, 1.82) is 0 Å². The van der Waals surface area contributed by atoms with Gasteiger partial charge in [-0.05, 0) is 30.7 Å². The lowest BCUT2D eigenvalue weighted by Gasteiger charge is -2.07. The number of rotatable bonds is 4. The summed E-state index contributed by atoms with van der Waals surface area (Å²) in [6.07, 6.45) is 0. The largest absolute Gasteiger partial charge is 0.379 e. The number of hydrogen-bond acceptors (Lipinski definition) is 3. The summed E-state index contributed by atoms with van der Waals surface area (Å²) in [4.78, 5) is 12.0. The van der Waals surface area contributed by atoms with E-state index in [0.717, 1.165) is 16.1 Å². The number of amides is 1. The molecule has 0 aliphatic carbocycles. The van der Waals surface area contributed by atoms with E-state index in [1.165, 1.54) is 11.3 Å². The number of carbonyl (C=O) groups excluding carboxylic acids is 1. The SMILES string of the molecule is Cc1ccc(NCc2cc(C(N)=O)cs2)c(Cl)c1. The zero-order valence-corrected chi connectivity index (χ0v) is 11.4. The highest BCUT2D eigenvalue weighted by Crippen LogP contribution is 2.24. The lowest BCUT2D eigenvalue weighted by atomic mass is 10.2. The number of thiophene rings is 1. The first-order valence-corrected chi connectivity index (χ1v) is 6.69. The molecule has 0 aliphatic heterocycles. The molecule has 3 nitrogen and oxygen atoms in total. The monoisotopic (exact) mass is 280 g/mol. The Bertz CT molecular complexity index is 580. The molecule has 0 radical (unpaired) electrons. The maximum absolute atomic E-state index is 11.0. The van der Waals surface area contributed by atoms with Gasteiger partial charge in [-0.1, -0.05) is 17.7 Å². The molecule has 0 bridgehead atoms. The normalized spacial score (nSPS) is 10.3. The Hall–Kier alpha value is -1.52. The molecule has 2 aromatic rings. The molecule has 0 fully saturated rings. The number of hydrogen-bond donors (Lipinski definition) is 2. The quantitative estimate of drug-likeness (QED) is 0.902. The van der Waals surface area contributed by atoms with Crippen molar-refractivity contribution in [2.24, 2.45) is 5.73 Å². The first-order chi connectivity index (χ1) is 8.56. The van der Waals surface area contributed by atoms with Crippen molar-refractivity contribution in [3.8, 4) is 0 Å². The lowest BCUT2D eigenvalue weighted by molar-refractivity contribution is 0.100. The van der Waals surface area contributed by atoms with Crippen LogP contribution in [-0.2, 0) is 6.54 Å². The molecule has 18 heavy (non-hydrogen) atoms. The number of nitrogens with one attached hydrogen (secondary N) is 1. The van der Waals surface area contributed by atoms with Gasteiger partial charge in [0, 0.05) is 16.8 Å². The Morgan fingerprint density at radius 3 is 2.83 bits per heavy atom. The van der Waals surface area contributed by atoms with Gasteiger partial charge < -0.3 is 11.1 Å². The molecule has 94 valence electrons. The van der Waals surface area contributed by atoms with Crippen LogP contribution in [0.4, 0.5) is 5.69 Å². The van der Waals surface area contributed by atoms with Gasteiger partial charge in [0.25, 0.3) is 0 Å². The average molecular weight is 281 g/mol. The van der Waals surface area contributed by atoms with Crippen molar-refractivity contribution in [3.05, 3.63) is 50.7 Å². The topological polar surface area (TPSA) is 55.1 Å². The van der Waals surface area contributed by atoms with Crippen molar-refractivity contribution in [2.45, 2.75) is 13.5 Å². The molecular formula is C13H13ClN2OS. The van der Waals surface area contributed by atoms with Crippen LogP contribution in [0.25, 0.3) is 0 Å². The highest BCUT2D eigenvalue weighted by atomic mass is 35.5. The molecule has 5 heteroatoms. The molecule has 3 N–H and O–H groups in total. The maximum atomic E-state index is 11.0. The molecular weight excluding hydrogens is 268 g/mol. The van der Waals surface area contributed by atoms with E-state index in [1.807, 2.05) is 25.1 Å². The third-order valence-corrected chi connectivity index (χ3v) is 3.77. The summed E-state index contributed by atoms with van der Waals surface area (Å²) in [7, 11) is 0. The fraction of sp³-hybridized carbons (Fsp3) is 0.154. The van der Waals surface area contributed by atoms with E-state index in [4.69, 9.17) is 17.3 Å². The summed E-state index contributed by atoms with van der Waals surface area (Å²) in [6.45, 7) is 2.62. The first-order valence-electron chi connectivity index (χ1n) is 5.43. The van der Waals surface area contributed by atoms with E-state index in [9.17, 15) is 4.79 Å². The second kappa shape index (κ2) is 5.42. The van der Waals surface area contributed by atoms with E-state index in [-0.39, 0.29) is 0 Å². The van der Waals surface area contributed by atoms with E-state index < -0.39 is 5.91 Å². The Labute approximate surface area is 115 Å². The van der Waals surface area contributed by atoms with Crippen LogP contribution in [-0.4, -0.2) is 5.91 Å². The Kier molecular flexibility index (Phi) is 3.89. The van der Waals surface area contributed by atoms with Crippen LogP contribution in [0.5, 0.6) is 0 Å². The molecule has 0 atom stereocenters. The number of primary amides is 1. The number of benzene rings is 1. The Balaban J connectivity index is 2.04. The van der Waals surface area contributed by atoms with Gasteiger partial charge in [0.15, 0.2) is 0 Å². The van der Waals surface area contributed by atoms with Crippen LogP contribution >= 0.6 is 22.9 Å².